The van der Waals surface area contributed by atoms with Crippen molar-refractivity contribution in [2.45, 2.75) is 64.0 Å². The van der Waals surface area contributed by atoms with E-state index >= 15 is 0 Å². The Morgan fingerprint density at radius 3 is 2.52 bits per heavy atom. The Balaban J connectivity index is 0.00000261. The van der Waals surface area contributed by atoms with E-state index in [9.17, 15) is 4.79 Å². The summed E-state index contributed by atoms with van der Waals surface area (Å²) in [6, 6.07) is 8.96. The van der Waals surface area contributed by atoms with Crippen LogP contribution in [0.2, 0.25) is 0 Å². The monoisotopic (exact) mass is 392 g/mol. The van der Waals surface area contributed by atoms with E-state index in [0.29, 0.717) is 11.8 Å². The Kier molecular flexibility index (Phi) is 7.80. The molecule has 1 aromatic heterocycles. The summed E-state index contributed by atoms with van der Waals surface area (Å²) in [7, 11) is 0. The van der Waals surface area contributed by atoms with Gasteiger partial charge in [0, 0.05) is 12.0 Å². The van der Waals surface area contributed by atoms with Gasteiger partial charge in [0.2, 0.25) is 11.8 Å². The van der Waals surface area contributed by atoms with Crippen molar-refractivity contribution in [3.63, 3.8) is 0 Å². The maximum absolute atomic E-state index is 12.6. The topological polar surface area (TPSA) is 94.0 Å². The molecule has 0 saturated heterocycles. The molecular weight excluding hydrogens is 364 g/mol. The number of nitrogens with two attached hydrogens (primary N) is 1. The normalized spacial score (nSPS) is 18.2. The number of hydrogen-bond acceptors (Lipinski definition) is 5. The summed E-state index contributed by atoms with van der Waals surface area (Å²) in [5, 5.41) is 7.08. The molecule has 3 N–H and O–H groups in total. The molecule has 27 heavy (non-hydrogen) atoms. The second-order valence-corrected chi connectivity index (χ2v) is 7.28. The SMILES string of the molecule is CC(NC(=O)C(C)C(N)c1ccccc1)c1nc(C2CCCCC2)no1.Cl. The van der Waals surface area contributed by atoms with E-state index in [1.165, 1.54) is 19.3 Å². The third-order valence-electron chi connectivity index (χ3n) is 5.29. The summed E-state index contributed by atoms with van der Waals surface area (Å²) >= 11 is 0. The first-order valence-electron chi connectivity index (χ1n) is 9.50. The molecule has 0 spiro atoms. The van der Waals surface area contributed by atoms with Crippen molar-refractivity contribution in [3.05, 3.63) is 47.6 Å². The van der Waals surface area contributed by atoms with Crippen LogP contribution in [0.15, 0.2) is 34.9 Å². The van der Waals surface area contributed by atoms with Crippen LogP contribution in [0.1, 0.15) is 81.2 Å². The predicted octanol–water partition coefficient (Wildman–Crippen LogP) is 4.05. The zero-order valence-electron chi connectivity index (χ0n) is 15.9. The third-order valence-corrected chi connectivity index (χ3v) is 5.29. The number of hydrogen-bond donors (Lipinski definition) is 2. The van der Waals surface area contributed by atoms with Crippen molar-refractivity contribution in [3.8, 4) is 0 Å². The lowest BCUT2D eigenvalue weighted by atomic mass is 9.89. The van der Waals surface area contributed by atoms with Crippen LogP contribution in [0.5, 0.6) is 0 Å². The first-order chi connectivity index (χ1) is 12.6. The van der Waals surface area contributed by atoms with Gasteiger partial charge in [-0.15, -0.1) is 12.4 Å². The molecule has 0 bridgehead atoms. The number of aromatic nitrogens is 2. The fourth-order valence-electron chi connectivity index (χ4n) is 3.48. The van der Waals surface area contributed by atoms with E-state index in [4.69, 9.17) is 10.3 Å². The van der Waals surface area contributed by atoms with Crippen molar-refractivity contribution in [2.75, 3.05) is 0 Å². The Bertz CT molecular complexity index is 716. The molecule has 1 amide bonds. The molecule has 3 unspecified atom stereocenters. The quantitative estimate of drug-likeness (QED) is 0.773. The van der Waals surface area contributed by atoms with Crippen LogP contribution in [0.3, 0.4) is 0 Å². The molecule has 1 fully saturated rings. The van der Waals surface area contributed by atoms with Gasteiger partial charge in [0.1, 0.15) is 6.04 Å². The molecule has 7 heteroatoms. The number of rotatable bonds is 6. The van der Waals surface area contributed by atoms with Crippen LogP contribution in [0.25, 0.3) is 0 Å². The van der Waals surface area contributed by atoms with Gasteiger partial charge in [-0.05, 0) is 25.3 Å². The number of nitrogens with one attached hydrogen (secondary N) is 1. The third kappa shape index (κ3) is 5.30. The molecule has 1 aliphatic carbocycles. The number of carbonyl (C=O) groups excluding carboxylic acids is 1. The van der Waals surface area contributed by atoms with Crippen molar-refractivity contribution in [1.29, 1.82) is 0 Å². The number of benzene rings is 1. The van der Waals surface area contributed by atoms with Crippen LogP contribution in [-0.4, -0.2) is 16.0 Å². The molecule has 3 rings (SSSR count). The van der Waals surface area contributed by atoms with E-state index in [-0.39, 0.29) is 36.3 Å². The average molecular weight is 393 g/mol. The van der Waals surface area contributed by atoms with Gasteiger partial charge in [-0.25, -0.2) is 0 Å². The average Bonchev–Trinajstić information content (AvgIpc) is 3.18. The van der Waals surface area contributed by atoms with Crippen LogP contribution in [0, 0.1) is 5.92 Å². The Morgan fingerprint density at radius 1 is 1.19 bits per heavy atom. The summed E-state index contributed by atoms with van der Waals surface area (Å²) in [4.78, 5) is 17.1. The van der Waals surface area contributed by atoms with Gasteiger partial charge in [-0.1, -0.05) is 61.7 Å². The maximum atomic E-state index is 12.6. The molecule has 1 saturated carbocycles. The van der Waals surface area contributed by atoms with Crippen molar-refractivity contribution in [2.24, 2.45) is 11.7 Å². The number of carbonyl (C=O) groups is 1. The second-order valence-electron chi connectivity index (χ2n) is 7.28. The van der Waals surface area contributed by atoms with Crippen LogP contribution >= 0.6 is 12.4 Å². The summed E-state index contributed by atoms with van der Waals surface area (Å²) in [5.41, 5.74) is 7.19. The molecule has 3 atom stereocenters. The van der Waals surface area contributed by atoms with Gasteiger partial charge in [0.15, 0.2) is 5.82 Å². The highest BCUT2D eigenvalue weighted by molar-refractivity contribution is 5.85. The van der Waals surface area contributed by atoms with Gasteiger partial charge in [0.05, 0.1) is 5.92 Å². The first kappa shape index (κ1) is 21.4. The maximum Gasteiger partial charge on any atom is 0.248 e. The standard InChI is InChI=1S/C20H28N4O2.ClH/c1-13(17(21)15-9-5-3-6-10-15)19(25)22-14(2)20-23-18(24-26-20)16-11-7-4-8-12-16;/h3,5-6,9-10,13-14,16-17H,4,7-8,11-12,21H2,1-2H3,(H,22,25);1H. The molecule has 1 aliphatic rings. The van der Waals surface area contributed by atoms with Crippen molar-refractivity contribution >= 4 is 18.3 Å². The Hall–Kier alpha value is -1.92. The highest BCUT2D eigenvalue weighted by atomic mass is 35.5. The Labute approximate surface area is 166 Å². The molecule has 2 aromatic rings. The number of halogens is 1. The Morgan fingerprint density at radius 2 is 1.85 bits per heavy atom. The molecule has 0 radical (unpaired) electrons. The minimum Gasteiger partial charge on any atom is -0.344 e. The number of nitrogens with zero attached hydrogens (tertiary/aromatic N) is 2. The van der Waals surface area contributed by atoms with Gasteiger partial charge < -0.3 is 15.6 Å². The van der Waals surface area contributed by atoms with E-state index in [0.717, 1.165) is 24.2 Å². The highest BCUT2D eigenvalue weighted by Gasteiger charge is 2.26. The first-order valence-corrected chi connectivity index (χ1v) is 9.50. The largest absolute Gasteiger partial charge is 0.344 e. The highest BCUT2D eigenvalue weighted by Crippen LogP contribution is 2.31. The van der Waals surface area contributed by atoms with Crippen LogP contribution in [-0.2, 0) is 4.79 Å². The van der Waals surface area contributed by atoms with Gasteiger partial charge in [0.25, 0.3) is 0 Å². The molecule has 1 aromatic carbocycles. The summed E-state index contributed by atoms with van der Waals surface area (Å²) in [6.07, 6.45) is 5.95. The molecule has 0 aliphatic heterocycles. The van der Waals surface area contributed by atoms with E-state index in [2.05, 4.69) is 15.5 Å². The summed E-state index contributed by atoms with van der Waals surface area (Å²) in [5.74, 6) is 1.13. The molecule has 6 nitrogen and oxygen atoms in total. The van der Waals surface area contributed by atoms with Crippen molar-refractivity contribution in [1.82, 2.24) is 15.5 Å². The van der Waals surface area contributed by atoms with E-state index in [1.54, 1.807) is 0 Å². The van der Waals surface area contributed by atoms with Crippen LogP contribution < -0.4 is 11.1 Å². The summed E-state index contributed by atoms with van der Waals surface area (Å²) < 4.78 is 5.40. The zero-order valence-corrected chi connectivity index (χ0v) is 16.7. The lowest BCUT2D eigenvalue weighted by Crippen LogP contribution is -2.37. The smallest absolute Gasteiger partial charge is 0.248 e. The van der Waals surface area contributed by atoms with Crippen LogP contribution in [0.4, 0.5) is 0 Å². The second kappa shape index (κ2) is 9.85. The predicted molar refractivity (Wildman–Crippen MR) is 106 cm³/mol. The fourth-order valence-corrected chi connectivity index (χ4v) is 3.48. The van der Waals surface area contributed by atoms with E-state index < -0.39 is 0 Å². The van der Waals surface area contributed by atoms with Gasteiger partial charge in [-0.2, -0.15) is 4.98 Å². The van der Waals surface area contributed by atoms with E-state index in [1.807, 2.05) is 44.2 Å². The van der Waals surface area contributed by atoms with Crippen molar-refractivity contribution < 1.29 is 9.32 Å². The minimum atomic E-state index is -0.361. The van der Waals surface area contributed by atoms with Gasteiger partial charge in [-0.3, -0.25) is 4.79 Å². The minimum absolute atomic E-state index is 0. The lowest BCUT2D eigenvalue weighted by Gasteiger charge is -2.21. The number of amides is 1. The summed E-state index contributed by atoms with van der Waals surface area (Å²) in [6.45, 7) is 3.69. The molecular formula is C20H29ClN4O2. The molecule has 1 heterocycles. The lowest BCUT2D eigenvalue weighted by molar-refractivity contribution is -0.126. The fraction of sp³-hybridized carbons (Fsp3) is 0.550. The zero-order chi connectivity index (χ0) is 18.5. The molecule has 148 valence electrons. The van der Waals surface area contributed by atoms with Gasteiger partial charge >= 0.3 is 0 Å².